The Labute approximate surface area is 70.4 Å². The second-order valence-corrected chi connectivity index (χ2v) is 2.11. The fourth-order valence-electron chi connectivity index (χ4n) is 0.644. The maximum Gasteiger partial charge on any atom is 0.216 e. The van der Waals surface area contributed by atoms with Gasteiger partial charge in [-0.25, -0.2) is 9.37 Å². The van der Waals surface area contributed by atoms with Crippen molar-refractivity contribution in [2.45, 2.75) is 6.32 Å². The first-order valence-corrected chi connectivity index (χ1v) is 3.34. The maximum atomic E-state index is 12.3. The zero-order valence-corrected chi connectivity index (χ0v) is 6.25. The van der Waals surface area contributed by atoms with E-state index >= 15 is 0 Å². The minimum atomic E-state index is -0.444. The van der Waals surface area contributed by atoms with Gasteiger partial charge in [0.2, 0.25) is 5.91 Å². The Morgan fingerprint density at radius 2 is 2.42 bits per heavy atom. The van der Waals surface area contributed by atoms with E-state index in [0.29, 0.717) is 5.82 Å². The van der Waals surface area contributed by atoms with Crippen molar-refractivity contribution in [2.24, 2.45) is 0 Å². The molecule has 0 aliphatic carbocycles. The van der Waals surface area contributed by atoms with Gasteiger partial charge in [0, 0.05) is 0 Å². The lowest BCUT2D eigenvalue weighted by Crippen LogP contribution is -2.11. The molecule has 2 radical (unpaired) electrons. The van der Waals surface area contributed by atoms with E-state index in [1.165, 1.54) is 12.1 Å². The van der Waals surface area contributed by atoms with E-state index in [4.69, 9.17) is 7.85 Å². The van der Waals surface area contributed by atoms with Crippen molar-refractivity contribution in [3.05, 3.63) is 24.1 Å². The minimum absolute atomic E-state index is 0.112. The predicted octanol–water partition coefficient (Wildman–Crippen LogP) is 0.746. The highest BCUT2D eigenvalue weighted by Crippen LogP contribution is 2.03. The van der Waals surface area contributed by atoms with Crippen molar-refractivity contribution in [1.82, 2.24) is 4.98 Å². The van der Waals surface area contributed by atoms with Gasteiger partial charge in [0.15, 0.2) is 0 Å². The van der Waals surface area contributed by atoms with Gasteiger partial charge in [-0.05, 0) is 18.5 Å². The normalized spacial score (nSPS) is 9.42. The zero-order valence-electron chi connectivity index (χ0n) is 6.25. The van der Waals surface area contributed by atoms with Gasteiger partial charge >= 0.3 is 0 Å². The largest absolute Gasteiger partial charge is 0.311 e. The van der Waals surface area contributed by atoms with Crippen LogP contribution in [0, 0.1) is 5.82 Å². The summed E-state index contributed by atoms with van der Waals surface area (Å²) >= 11 is 0. The molecule has 0 saturated heterocycles. The molecule has 1 aromatic heterocycles. The van der Waals surface area contributed by atoms with E-state index in [9.17, 15) is 9.18 Å². The summed E-state index contributed by atoms with van der Waals surface area (Å²) in [6.07, 6.45) is 0.908. The molecular weight excluding hydrogens is 158 g/mol. The summed E-state index contributed by atoms with van der Waals surface area (Å²) in [5.74, 6) is -0.498. The van der Waals surface area contributed by atoms with E-state index in [0.717, 1.165) is 6.20 Å². The molecule has 0 aliphatic heterocycles. The van der Waals surface area contributed by atoms with Crippen LogP contribution in [-0.2, 0) is 4.79 Å². The lowest BCUT2D eigenvalue weighted by molar-refractivity contribution is -0.114. The van der Waals surface area contributed by atoms with Gasteiger partial charge in [0.25, 0.3) is 0 Å². The second-order valence-electron chi connectivity index (χ2n) is 2.11. The van der Waals surface area contributed by atoms with E-state index in [2.05, 4.69) is 10.3 Å². The van der Waals surface area contributed by atoms with Crippen molar-refractivity contribution in [3.8, 4) is 0 Å². The average Bonchev–Trinajstić information content (AvgIpc) is 2.09. The van der Waals surface area contributed by atoms with Gasteiger partial charge in [-0.1, -0.05) is 0 Å². The monoisotopic (exact) mass is 164 g/mol. The first-order valence-electron chi connectivity index (χ1n) is 3.34. The number of hydrogen-bond acceptors (Lipinski definition) is 2. The molecule has 0 unspecified atom stereocenters. The second kappa shape index (κ2) is 3.85. The molecular formula is C7H6BFN2O. The van der Waals surface area contributed by atoms with Crippen LogP contribution in [0.3, 0.4) is 0 Å². The Bertz CT molecular complexity index is 275. The van der Waals surface area contributed by atoms with Crippen LogP contribution in [0.4, 0.5) is 10.2 Å². The summed E-state index contributed by atoms with van der Waals surface area (Å²) in [6.45, 7) is 0. The molecule has 1 heterocycles. The van der Waals surface area contributed by atoms with E-state index in [-0.39, 0.29) is 12.2 Å². The summed E-state index contributed by atoms with van der Waals surface area (Å²) in [5.41, 5.74) is 0. The number of anilines is 1. The number of carbonyl (C=O) groups excluding carboxylic acids is 1. The molecule has 0 fully saturated rings. The fourth-order valence-corrected chi connectivity index (χ4v) is 0.644. The van der Waals surface area contributed by atoms with Gasteiger partial charge in [0.05, 0.1) is 14.0 Å². The maximum absolute atomic E-state index is 12.3. The lowest BCUT2D eigenvalue weighted by atomic mass is 10.1. The highest BCUT2D eigenvalue weighted by atomic mass is 19.1. The molecule has 5 heteroatoms. The standard InChI is InChI=1S/C7H6BFN2O/c8-3-7(12)11-6-2-1-5(9)4-10-6/h1-2,4H,3H2,(H,10,11,12). The zero-order chi connectivity index (χ0) is 8.97. The number of hydrogen-bond donors (Lipinski definition) is 1. The molecule has 0 aromatic carbocycles. The first kappa shape index (κ1) is 8.71. The summed E-state index contributed by atoms with van der Waals surface area (Å²) in [6, 6.07) is 2.57. The molecule has 0 saturated carbocycles. The molecule has 0 aliphatic rings. The molecule has 1 amide bonds. The number of carbonyl (C=O) groups is 1. The number of nitrogens with zero attached hydrogens (tertiary/aromatic N) is 1. The van der Waals surface area contributed by atoms with Crippen LogP contribution in [0.15, 0.2) is 18.3 Å². The third-order valence-electron chi connectivity index (χ3n) is 1.18. The van der Waals surface area contributed by atoms with E-state index in [1.807, 2.05) is 0 Å². The fraction of sp³-hybridized carbons (Fsp3) is 0.143. The molecule has 12 heavy (non-hydrogen) atoms. The quantitative estimate of drug-likeness (QED) is 0.655. The minimum Gasteiger partial charge on any atom is -0.311 e. The highest BCUT2D eigenvalue weighted by molar-refractivity contribution is 6.22. The van der Waals surface area contributed by atoms with E-state index < -0.39 is 5.82 Å². The molecule has 0 atom stereocenters. The van der Waals surface area contributed by atoms with Crippen molar-refractivity contribution in [3.63, 3.8) is 0 Å². The third kappa shape index (κ3) is 2.34. The van der Waals surface area contributed by atoms with Gasteiger partial charge in [-0.15, -0.1) is 0 Å². The summed E-state index contributed by atoms with van der Waals surface area (Å²) in [5, 5.41) is 2.38. The predicted molar refractivity (Wildman–Crippen MR) is 43.4 cm³/mol. The Kier molecular flexibility index (Phi) is 2.79. The molecule has 1 N–H and O–H groups in total. The van der Waals surface area contributed by atoms with Gasteiger partial charge in [0.1, 0.15) is 11.6 Å². The van der Waals surface area contributed by atoms with E-state index in [1.54, 1.807) is 0 Å². The smallest absolute Gasteiger partial charge is 0.216 e. The van der Waals surface area contributed by atoms with Crippen LogP contribution < -0.4 is 5.32 Å². The number of rotatable bonds is 2. The summed E-state index contributed by atoms with van der Waals surface area (Å²) < 4.78 is 12.3. The Hall–Kier alpha value is -1.39. The summed E-state index contributed by atoms with van der Waals surface area (Å²) in [4.78, 5) is 14.3. The topological polar surface area (TPSA) is 42.0 Å². The number of amides is 1. The van der Waals surface area contributed by atoms with Crippen molar-refractivity contribution < 1.29 is 9.18 Å². The van der Waals surface area contributed by atoms with Gasteiger partial charge in [-0.3, -0.25) is 4.79 Å². The number of halogens is 1. The number of aromatic nitrogens is 1. The molecule has 60 valence electrons. The molecule has 1 aromatic rings. The van der Waals surface area contributed by atoms with Crippen LogP contribution in [0.2, 0.25) is 6.32 Å². The van der Waals surface area contributed by atoms with Gasteiger partial charge in [-0.2, -0.15) is 0 Å². The Morgan fingerprint density at radius 3 is 2.92 bits per heavy atom. The Morgan fingerprint density at radius 1 is 1.67 bits per heavy atom. The molecule has 0 bridgehead atoms. The van der Waals surface area contributed by atoms with Crippen molar-refractivity contribution >= 4 is 19.6 Å². The Balaban J connectivity index is 2.64. The number of pyridine rings is 1. The van der Waals surface area contributed by atoms with Crippen molar-refractivity contribution in [2.75, 3.05) is 5.32 Å². The SMILES string of the molecule is [B]CC(=O)Nc1ccc(F)cn1. The van der Waals surface area contributed by atoms with Gasteiger partial charge < -0.3 is 5.32 Å². The third-order valence-corrected chi connectivity index (χ3v) is 1.18. The molecule has 0 spiro atoms. The van der Waals surface area contributed by atoms with Crippen LogP contribution in [0.5, 0.6) is 0 Å². The molecule has 3 nitrogen and oxygen atoms in total. The lowest BCUT2D eigenvalue weighted by Gasteiger charge is -2.00. The van der Waals surface area contributed by atoms with Crippen LogP contribution in [0.1, 0.15) is 0 Å². The van der Waals surface area contributed by atoms with Crippen LogP contribution >= 0.6 is 0 Å². The number of nitrogens with one attached hydrogen (secondary N) is 1. The average molecular weight is 164 g/mol. The molecule has 1 rings (SSSR count). The van der Waals surface area contributed by atoms with Crippen LogP contribution in [-0.4, -0.2) is 18.7 Å². The first-order chi connectivity index (χ1) is 5.72. The highest BCUT2D eigenvalue weighted by Gasteiger charge is 1.98. The van der Waals surface area contributed by atoms with Crippen molar-refractivity contribution in [1.29, 1.82) is 0 Å². The summed E-state index contributed by atoms with van der Waals surface area (Å²) in [7, 11) is 5.04. The van der Waals surface area contributed by atoms with Crippen LogP contribution in [0.25, 0.3) is 0 Å².